The lowest BCUT2D eigenvalue weighted by molar-refractivity contribution is 0.484. The lowest BCUT2D eigenvalue weighted by Crippen LogP contribution is -1.96. The van der Waals surface area contributed by atoms with Gasteiger partial charge in [0.2, 0.25) is 0 Å². The van der Waals surface area contributed by atoms with Crippen molar-refractivity contribution in [2.24, 2.45) is 0 Å². The van der Waals surface area contributed by atoms with Crippen LogP contribution in [0.3, 0.4) is 0 Å². The highest BCUT2D eigenvalue weighted by atomic mass is 16.5. The first-order chi connectivity index (χ1) is 26.3. The van der Waals surface area contributed by atoms with E-state index in [-0.39, 0.29) is 0 Å². The molecule has 5 nitrogen and oxygen atoms in total. The minimum atomic E-state index is 0.746. The summed E-state index contributed by atoms with van der Waals surface area (Å²) in [6.45, 7) is 0. The van der Waals surface area contributed by atoms with Gasteiger partial charge >= 0.3 is 0 Å². The van der Waals surface area contributed by atoms with Crippen LogP contribution >= 0.6 is 0 Å². The predicted octanol–water partition coefficient (Wildman–Crippen LogP) is 12.4. The molecule has 0 aliphatic heterocycles. The van der Waals surface area contributed by atoms with E-state index in [2.05, 4.69) is 173 Å². The molecule has 4 heterocycles. The van der Waals surface area contributed by atoms with Crippen molar-refractivity contribution < 1.29 is 4.74 Å². The molecule has 248 valence electrons. The lowest BCUT2D eigenvalue weighted by Gasteiger charge is -2.18. The van der Waals surface area contributed by atoms with Crippen LogP contribution in [0.5, 0.6) is 11.5 Å². The highest BCUT2D eigenvalue weighted by molar-refractivity contribution is 6.17. The quantitative estimate of drug-likeness (QED) is 0.170. The Hall–Kier alpha value is -7.24. The maximum absolute atomic E-state index is 6.68. The summed E-state index contributed by atoms with van der Waals surface area (Å²) in [5.41, 5.74) is 10.9. The number of para-hydroxylation sites is 1. The number of aromatic nitrogens is 4. The normalized spacial score (nSPS) is 11.8. The van der Waals surface area contributed by atoms with Gasteiger partial charge in [0.1, 0.15) is 22.8 Å². The van der Waals surface area contributed by atoms with Crippen molar-refractivity contribution in [1.29, 1.82) is 0 Å². The third-order valence-corrected chi connectivity index (χ3v) is 10.5. The first-order valence-electron chi connectivity index (χ1n) is 17.8. The third-order valence-electron chi connectivity index (χ3n) is 10.5. The van der Waals surface area contributed by atoms with Gasteiger partial charge in [-0.05, 0) is 69.9 Å². The van der Waals surface area contributed by atoms with E-state index in [1.54, 1.807) is 0 Å². The predicted molar refractivity (Wildman–Crippen MR) is 217 cm³/mol. The van der Waals surface area contributed by atoms with Gasteiger partial charge in [-0.1, -0.05) is 121 Å². The number of nitrogens with zero attached hydrogens (tertiary/aromatic N) is 4. The van der Waals surface area contributed by atoms with Gasteiger partial charge in [0.05, 0.1) is 22.9 Å². The molecule has 0 N–H and O–H groups in total. The molecule has 0 aliphatic carbocycles. The molecule has 11 rings (SSSR count). The number of benzene rings is 7. The SMILES string of the molecule is c1ccc(-c2ccc3c4ccc(Oc5ccc6c7ccccc7n7c(-c8ccccc8)cnc7c6c5)cc4c4nccn4c3c2-c2ccccc2)cc1. The molecule has 0 saturated heterocycles. The van der Waals surface area contributed by atoms with E-state index in [1.807, 2.05) is 18.5 Å². The maximum Gasteiger partial charge on any atom is 0.145 e. The molecule has 7 aromatic carbocycles. The second-order valence-corrected chi connectivity index (χ2v) is 13.4. The van der Waals surface area contributed by atoms with Crippen molar-refractivity contribution in [3.63, 3.8) is 0 Å². The fourth-order valence-corrected chi connectivity index (χ4v) is 8.14. The molecule has 11 aromatic rings. The van der Waals surface area contributed by atoms with Gasteiger partial charge in [-0.15, -0.1) is 0 Å². The monoisotopic (exact) mass is 678 g/mol. The molecule has 0 spiro atoms. The molecular weight excluding hydrogens is 649 g/mol. The molecule has 0 bridgehead atoms. The molecular formula is C48H30N4O. The Morgan fingerprint density at radius 3 is 1.79 bits per heavy atom. The number of imidazole rings is 2. The summed E-state index contributed by atoms with van der Waals surface area (Å²) in [4.78, 5) is 9.88. The minimum absolute atomic E-state index is 0.746. The molecule has 0 radical (unpaired) electrons. The van der Waals surface area contributed by atoms with Gasteiger partial charge in [-0.2, -0.15) is 0 Å². The summed E-state index contributed by atoms with van der Waals surface area (Å²) in [5.74, 6) is 1.49. The molecule has 0 amide bonds. The van der Waals surface area contributed by atoms with Gasteiger partial charge < -0.3 is 4.74 Å². The second kappa shape index (κ2) is 11.7. The van der Waals surface area contributed by atoms with Crippen LogP contribution in [0.25, 0.3) is 88.2 Å². The van der Waals surface area contributed by atoms with E-state index in [4.69, 9.17) is 14.7 Å². The van der Waals surface area contributed by atoms with E-state index in [0.29, 0.717) is 0 Å². The average Bonchev–Trinajstić information content (AvgIpc) is 3.91. The number of hydrogen-bond acceptors (Lipinski definition) is 3. The summed E-state index contributed by atoms with van der Waals surface area (Å²) < 4.78 is 11.2. The van der Waals surface area contributed by atoms with Gasteiger partial charge in [0.25, 0.3) is 0 Å². The van der Waals surface area contributed by atoms with Crippen LogP contribution in [0.4, 0.5) is 0 Å². The summed E-state index contributed by atoms with van der Waals surface area (Å²) in [6.07, 6.45) is 5.93. The van der Waals surface area contributed by atoms with Crippen LogP contribution in [-0.4, -0.2) is 18.8 Å². The highest BCUT2D eigenvalue weighted by Gasteiger charge is 2.19. The second-order valence-electron chi connectivity index (χ2n) is 13.4. The summed E-state index contributed by atoms with van der Waals surface area (Å²) >= 11 is 0. The standard InChI is InChI=1S/C48H30N4O/c1-4-12-31(13-5-1)36-24-25-40-38-23-21-34(28-41(38)47-49-26-27-51(47)46(40)45(36)33-16-8-3-9-17-33)53-35-20-22-37-39-18-10-11-19-43(39)52-44(32-14-6-2-7-15-32)30-50-48(52)42(37)29-35/h1-30H. The van der Waals surface area contributed by atoms with Crippen LogP contribution in [0, 0.1) is 0 Å². The van der Waals surface area contributed by atoms with Crippen LogP contribution in [0.1, 0.15) is 0 Å². The molecule has 0 atom stereocenters. The van der Waals surface area contributed by atoms with E-state index >= 15 is 0 Å². The highest BCUT2D eigenvalue weighted by Crippen LogP contribution is 2.43. The molecule has 0 fully saturated rings. The largest absolute Gasteiger partial charge is 0.457 e. The first kappa shape index (κ1) is 29.5. The number of ether oxygens (including phenoxy) is 1. The van der Waals surface area contributed by atoms with Gasteiger partial charge in [0, 0.05) is 45.1 Å². The molecule has 53 heavy (non-hydrogen) atoms. The minimum Gasteiger partial charge on any atom is -0.457 e. The Labute approximate surface area is 304 Å². The number of hydrogen-bond donors (Lipinski definition) is 0. The van der Waals surface area contributed by atoms with Gasteiger partial charge in [-0.3, -0.25) is 8.80 Å². The Bertz CT molecular complexity index is 3180. The fraction of sp³-hybridized carbons (Fsp3) is 0. The Morgan fingerprint density at radius 2 is 1.06 bits per heavy atom. The van der Waals surface area contributed by atoms with Crippen LogP contribution in [0.15, 0.2) is 182 Å². The molecule has 0 unspecified atom stereocenters. The molecule has 0 saturated carbocycles. The average molecular weight is 679 g/mol. The van der Waals surface area contributed by atoms with E-state index in [1.165, 1.54) is 22.1 Å². The van der Waals surface area contributed by atoms with Gasteiger partial charge in [0.15, 0.2) is 0 Å². The maximum atomic E-state index is 6.68. The van der Waals surface area contributed by atoms with Crippen molar-refractivity contribution in [3.8, 4) is 45.0 Å². The zero-order valence-corrected chi connectivity index (χ0v) is 28.5. The van der Waals surface area contributed by atoms with E-state index in [0.717, 1.165) is 77.6 Å². The fourth-order valence-electron chi connectivity index (χ4n) is 8.14. The first-order valence-corrected chi connectivity index (χ1v) is 17.8. The number of fused-ring (bicyclic) bond motifs is 12. The van der Waals surface area contributed by atoms with E-state index in [9.17, 15) is 0 Å². The summed E-state index contributed by atoms with van der Waals surface area (Å²) in [7, 11) is 0. The summed E-state index contributed by atoms with van der Waals surface area (Å²) in [5, 5.41) is 6.65. The topological polar surface area (TPSA) is 43.8 Å². The number of pyridine rings is 2. The Balaban J connectivity index is 1.08. The van der Waals surface area contributed by atoms with E-state index < -0.39 is 0 Å². The van der Waals surface area contributed by atoms with Crippen LogP contribution in [-0.2, 0) is 0 Å². The van der Waals surface area contributed by atoms with Crippen molar-refractivity contribution in [2.45, 2.75) is 0 Å². The lowest BCUT2D eigenvalue weighted by atomic mass is 9.90. The van der Waals surface area contributed by atoms with Crippen molar-refractivity contribution in [1.82, 2.24) is 18.8 Å². The molecule has 5 heteroatoms. The Morgan fingerprint density at radius 1 is 0.453 bits per heavy atom. The van der Waals surface area contributed by atoms with Crippen molar-refractivity contribution in [2.75, 3.05) is 0 Å². The molecule has 4 aromatic heterocycles. The van der Waals surface area contributed by atoms with Crippen molar-refractivity contribution in [3.05, 3.63) is 182 Å². The zero-order valence-electron chi connectivity index (χ0n) is 28.5. The summed E-state index contributed by atoms with van der Waals surface area (Å²) in [6, 6.07) is 57.4. The molecule has 0 aliphatic rings. The van der Waals surface area contributed by atoms with Crippen molar-refractivity contribution >= 4 is 54.6 Å². The smallest absolute Gasteiger partial charge is 0.145 e. The van der Waals surface area contributed by atoms with Crippen LogP contribution in [0.2, 0.25) is 0 Å². The van der Waals surface area contributed by atoms with Gasteiger partial charge in [-0.25, -0.2) is 9.97 Å². The third kappa shape index (κ3) is 4.57. The number of rotatable bonds is 5. The Kier molecular flexibility index (Phi) is 6.48. The van der Waals surface area contributed by atoms with Crippen LogP contribution < -0.4 is 4.74 Å². The zero-order chi connectivity index (χ0) is 34.9.